The van der Waals surface area contributed by atoms with E-state index in [1.54, 1.807) is 12.3 Å². The zero-order valence-corrected chi connectivity index (χ0v) is 27.1. The van der Waals surface area contributed by atoms with Gasteiger partial charge in [-0.25, -0.2) is 14.8 Å². The van der Waals surface area contributed by atoms with Crippen molar-refractivity contribution in [3.05, 3.63) is 150 Å². The second kappa shape index (κ2) is 12.8. The molecule has 0 radical (unpaired) electrons. The van der Waals surface area contributed by atoms with Crippen LogP contribution in [0.5, 0.6) is 0 Å². The number of pyridine rings is 1. The second-order valence-corrected chi connectivity index (χ2v) is 13.0. The van der Waals surface area contributed by atoms with E-state index in [4.69, 9.17) is 0 Å². The third-order valence-corrected chi connectivity index (χ3v) is 9.71. The highest BCUT2D eigenvalue weighted by molar-refractivity contribution is 7.22. The number of para-hydroxylation sites is 1. The van der Waals surface area contributed by atoms with Gasteiger partial charge >= 0.3 is 5.97 Å². The zero-order valence-electron chi connectivity index (χ0n) is 26.3. The van der Waals surface area contributed by atoms with E-state index in [1.807, 2.05) is 88.6 Å². The molecule has 9 nitrogen and oxygen atoms in total. The summed E-state index contributed by atoms with van der Waals surface area (Å²) in [5.41, 5.74) is 7.87. The summed E-state index contributed by atoms with van der Waals surface area (Å²) in [7, 11) is 0. The highest BCUT2D eigenvalue weighted by Crippen LogP contribution is 2.31. The van der Waals surface area contributed by atoms with Crippen molar-refractivity contribution in [1.82, 2.24) is 19.7 Å². The lowest BCUT2D eigenvalue weighted by molar-refractivity contribution is 0.0691. The number of carbonyl (C=O) groups excluding carboxylic acids is 1. The molecule has 49 heavy (non-hydrogen) atoms. The van der Waals surface area contributed by atoms with Crippen molar-refractivity contribution >= 4 is 44.4 Å². The zero-order chi connectivity index (χ0) is 33.3. The fourth-order valence-corrected chi connectivity index (χ4v) is 7.22. The Bertz CT molecular complexity index is 2320. The maximum atomic E-state index is 13.5. The molecular formula is C39H30N6O3S. The Morgan fingerprint density at radius 2 is 1.65 bits per heavy atom. The van der Waals surface area contributed by atoms with Crippen LogP contribution < -0.4 is 10.2 Å². The number of carbonyl (C=O) groups is 2. The fraction of sp³-hybridized carbons (Fsp3) is 0.103. The molecule has 0 fully saturated rings. The molecular weight excluding hydrogens is 633 g/mol. The van der Waals surface area contributed by atoms with Crippen molar-refractivity contribution in [2.75, 3.05) is 16.8 Å². The highest BCUT2D eigenvalue weighted by Gasteiger charge is 2.25. The smallest absolute Gasteiger partial charge is 0.355 e. The lowest BCUT2D eigenvalue weighted by Gasteiger charge is -2.31. The van der Waals surface area contributed by atoms with Gasteiger partial charge in [0.15, 0.2) is 10.8 Å². The maximum absolute atomic E-state index is 13.5. The molecule has 0 saturated heterocycles. The van der Waals surface area contributed by atoms with E-state index in [1.165, 1.54) is 11.3 Å². The number of fused-ring (bicyclic) bond motifs is 2. The van der Waals surface area contributed by atoms with Gasteiger partial charge in [0, 0.05) is 36.0 Å². The molecule has 0 spiro atoms. The molecule has 1 amide bonds. The summed E-state index contributed by atoms with van der Waals surface area (Å²) in [5, 5.41) is 18.3. The van der Waals surface area contributed by atoms with Gasteiger partial charge in [0.05, 0.1) is 23.0 Å². The van der Waals surface area contributed by atoms with Gasteiger partial charge in [-0.05, 0) is 70.6 Å². The number of rotatable bonds is 8. The summed E-state index contributed by atoms with van der Waals surface area (Å²) in [6, 6.07) is 35.7. The maximum Gasteiger partial charge on any atom is 0.355 e. The molecule has 4 aromatic carbocycles. The molecule has 0 aliphatic carbocycles. The fourth-order valence-electron chi connectivity index (χ4n) is 6.36. The number of hydrogen-bond donors (Lipinski definition) is 2. The largest absolute Gasteiger partial charge is 0.476 e. The number of thiazole rings is 1. The van der Waals surface area contributed by atoms with Gasteiger partial charge in [-0.1, -0.05) is 84.1 Å². The van der Waals surface area contributed by atoms with Crippen molar-refractivity contribution in [1.29, 1.82) is 0 Å². The van der Waals surface area contributed by atoms with Crippen molar-refractivity contribution < 1.29 is 14.7 Å². The minimum absolute atomic E-state index is 0.0456. The summed E-state index contributed by atoms with van der Waals surface area (Å²) in [6.07, 6.45) is 4.23. The monoisotopic (exact) mass is 662 g/mol. The van der Waals surface area contributed by atoms with Gasteiger partial charge in [-0.15, -0.1) is 0 Å². The van der Waals surface area contributed by atoms with Crippen LogP contribution in [-0.2, 0) is 19.5 Å². The number of aromatic nitrogens is 4. The summed E-state index contributed by atoms with van der Waals surface area (Å²) in [6.45, 7) is 1.60. The Hall–Kier alpha value is -6.13. The number of anilines is 2. The van der Waals surface area contributed by atoms with Crippen LogP contribution in [-0.4, -0.2) is 43.3 Å². The van der Waals surface area contributed by atoms with Crippen LogP contribution >= 0.6 is 11.3 Å². The number of amides is 1. The van der Waals surface area contributed by atoms with Crippen LogP contribution in [0.25, 0.3) is 32.5 Å². The number of carboxylic acid groups (broad SMARTS) is 1. The molecule has 3 aromatic heterocycles. The number of aromatic carboxylic acids is 1. The Morgan fingerprint density at radius 1 is 0.837 bits per heavy atom. The van der Waals surface area contributed by atoms with Gasteiger partial charge in [0.1, 0.15) is 5.82 Å². The summed E-state index contributed by atoms with van der Waals surface area (Å²) < 4.78 is 2.81. The molecule has 0 bridgehead atoms. The Morgan fingerprint density at radius 3 is 2.51 bits per heavy atom. The number of nitrogens with one attached hydrogen (secondary N) is 1. The molecule has 1 aliphatic heterocycles. The summed E-state index contributed by atoms with van der Waals surface area (Å²) >= 11 is 1.44. The average molecular weight is 663 g/mol. The summed E-state index contributed by atoms with van der Waals surface area (Å²) in [4.78, 5) is 37.2. The normalized spacial score (nSPS) is 12.5. The first-order chi connectivity index (χ1) is 24.0. The molecule has 4 heterocycles. The summed E-state index contributed by atoms with van der Waals surface area (Å²) in [5.74, 6) is -0.803. The lowest BCUT2D eigenvalue weighted by Crippen LogP contribution is -2.33. The molecule has 2 N–H and O–H groups in total. The van der Waals surface area contributed by atoms with E-state index in [9.17, 15) is 14.7 Å². The van der Waals surface area contributed by atoms with Crippen molar-refractivity contribution in [2.24, 2.45) is 0 Å². The van der Waals surface area contributed by atoms with Gasteiger partial charge in [0.2, 0.25) is 0 Å². The van der Waals surface area contributed by atoms with Gasteiger partial charge < -0.3 is 10.0 Å². The predicted molar refractivity (Wildman–Crippen MR) is 192 cm³/mol. The Labute approximate surface area is 286 Å². The average Bonchev–Trinajstić information content (AvgIpc) is 3.78. The van der Waals surface area contributed by atoms with Gasteiger partial charge in [-0.2, -0.15) is 5.10 Å². The van der Waals surface area contributed by atoms with Crippen molar-refractivity contribution in [3.8, 4) is 22.3 Å². The molecule has 1 aliphatic rings. The first-order valence-electron chi connectivity index (χ1n) is 15.9. The third-order valence-electron chi connectivity index (χ3n) is 8.76. The van der Waals surface area contributed by atoms with E-state index < -0.39 is 5.97 Å². The van der Waals surface area contributed by atoms with Crippen LogP contribution in [0.4, 0.5) is 10.9 Å². The molecule has 0 saturated carbocycles. The van der Waals surface area contributed by atoms with Gasteiger partial charge in [0.25, 0.3) is 5.91 Å². The Kier molecular flexibility index (Phi) is 7.90. The van der Waals surface area contributed by atoms with Crippen molar-refractivity contribution in [3.63, 3.8) is 0 Å². The predicted octanol–water partition coefficient (Wildman–Crippen LogP) is 7.78. The first kappa shape index (κ1) is 30.2. The standard InChI is InChI=1S/C39H30N6O3S/c46-37(43-39-41-33-14-4-5-15-34(33)49-39)31-13-7-11-27-18-19-44(24-32(27)31)35-17-16-30(36(42-35)38(47)48)29-21-40-45(23-29)22-25-8-6-12-28(20-25)26-9-2-1-3-10-26/h1-17,20-21,23H,18-19,22,24H2,(H,47,48)(H,41,43,46). The van der Waals surface area contributed by atoms with E-state index in [-0.39, 0.29) is 11.6 Å². The minimum atomic E-state index is -1.12. The first-order valence-corrected chi connectivity index (χ1v) is 16.7. The molecule has 240 valence electrons. The SMILES string of the molecule is O=C(Nc1nc2ccccc2s1)c1cccc2c1CN(c1ccc(-c3cnn(Cc4cccc(-c5ccccc5)c4)c3)c(C(=O)O)n1)CC2. The molecule has 8 rings (SSSR count). The quantitative estimate of drug-likeness (QED) is 0.171. The van der Waals surface area contributed by atoms with E-state index in [0.717, 1.165) is 38.0 Å². The molecule has 0 atom stereocenters. The van der Waals surface area contributed by atoms with Crippen LogP contribution in [0, 0.1) is 0 Å². The number of benzene rings is 4. The van der Waals surface area contributed by atoms with Crippen LogP contribution in [0.15, 0.2) is 122 Å². The lowest BCUT2D eigenvalue weighted by atomic mass is 9.94. The number of nitrogens with zero attached hydrogens (tertiary/aromatic N) is 5. The van der Waals surface area contributed by atoms with E-state index in [2.05, 4.69) is 50.7 Å². The number of hydrogen-bond acceptors (Lipinski definition) is 7. The van der Waals surface area contributed by atoms with Gasteiger partial charge in [-0.3, -0.25) is 14.8 Å². The van der Waals surface area contributed by atoms with E-state index >= 15 is 0 Å². The molecule has 7 aromatic rings. The third kappa shape index (κ3) is 6.17. The molecule has 10 heteroatoms. The molecule has 0 unspecified atom stereocenters. The van der Waals surface area contributed by atoms with Crippen molar-refractivity contribution in [2.45, 2.75) is 19.5 Å². The van der Waals surface area contributed by atoms with Crippen LogP contribution in [0.2, 0.25) is 0 Å². The Balaban J connectivity index is 1.02. The highest BCUT2D eigenvalue weighted by atomic mass is 32.1. The van der Waals surface area contributed by atoms with E-state index in [0.29, 0.717) is 53.7 Å². The number of carboxylic acids is 1. The van der Waals surface area contributed by atoms with Crippen LogP contribution in [0.1, 0.15) is 37.5 Å². The van der Waals surface area contributed by atoms with Crippen LogP contribution in [0.3, 0.4) is 0 Å². The minimum Gasteiger partial charge on any atom is -0.476 e. The second-order valence-electron chi connectivity index (χ2n) is 11.9. The topological polar surface area (TPSA) is 113 Å².